The highest BCUT2D eigenvalue weighted by molar-refractivity contribution is 7.22. The highest BCUT2D eigenvalue weighted by Crippen LogP contribution is 2.36. The molecule has 2 heterocycles. The maximum Gasteiger partial charge on any atom is 0.255 e. The van der Waals surface area contributed by atoms with Gasteiger partial charge >= 0.3 is 0 Å². The van der Waals surface area contributed by atoms with E-state index in [0.717, 1.165) is 26.1 Å². The first kappa shape index (κ1) is 17.2. The van der Waals surface area contributed by atoms with Crippen molar-refractivity contribution in [2.75, 3.05) is 11.1 Å². The molecule has 4 rings (SSSR count). The number of benzene rings is 2. The van der Waals surface area contributed by atoms with Crippen LogP contribution in [0.4, 0.5) is 15.9 Å². The smallest absolute Gasteiger partial charge is 0.255 e. The number of hydrogen-bond donors (Lipinski definition) is 2. The third-order valence-electron chi connectivity index (χ3n) is 4.25. The van der Waals surface area contributed by atoms with Crippen molar-refractivity contribution in [1.29, 1.82) is 0 Å². The molecular formula is C21H16FN3OS. The number of thiophene rings is 1. The number of anilines is 2. The average Bonchev–Trinajstić information content (AvgIpc) is 3.08. The van der Waals surface area contributed by atoms with Crippen LogP contribution in [-0.4, -0.2) is 10.9 Å². The Morgan fingerprint density at radius 1 is 1.15 bits per heavy atom. The second kappa shape index (κ2) is 6.81. The molecule has 4 nitrogen and oxygen atoms in total. The predicted molar refractivity (Wildman–Crippen MR) is 109 cm³/mol. The van der Waals surface area contributed by atoms with Crippen LogP contribution in [-0.2, 0) is 0 Å². The lowest BCUT2D eigenvalue weighted by molar-refractivity contribution is 0.102. The van der Waals surface area contributed by atoms with E-state index in [1.54, 1.807) is 41.8 Å². The molecule has 0 bridgehead atoms. The van der Waals surface area contributed by atoms with Crippen molar-refractivity contribution >= 4 is 38.8 Å². The van der Waals surface area contributed by atoms with Crippen molar-refractivity contribution in [3.8, 4) is 10.4 Å². The van der Waals surface area contributed by atoms with Gasteiger partial charge in [-0.25, -0.2) is 9.37 Å². The van der Waals surface area contributed by atoms with Crippen molar-refractivity contribution in [3.63, 3.8) is 0 Å². The minimum Gasteiger partial charge on any atom is -0.383 e. The number of aryl methyl sites for hydroxylation is 1. The lowest BCUT2D eigenvalue weighted by Gasteiger charge is -2.07. The molecule has 0 aliphatic rings. The zero-order valence-electron chi connectivity index (χ0n) is 14.5. The zero-order valence-corrected chi connectivity index (χ0v) is 15.3. The summed E-state index contributed by atoms with van der Waals surface area (Å²) in [6, 6.07) is 15.8. The summed E-state index contributed by atoms with van der Waals surface area (Å²) in [7, 11) is 0. The fourth-order valence-electron chi connectivity index (χ4n) is 2.87. The summed E-state index contributed by atoms with van der Waals surface area (Å²) in [5.41, 5.74) is 8.34. The second-order valence-corrected chi connectivity index (χ2v) is 7.32. The van der Waals surface area contributed by atoms with E-state index in [1.807, 2.05) is 31.2 Å². The van der Waals surface area contributed by atoms with Gasteiger partial charge in [-0.05, 0) is 66.4 Å². The molecule has 0 aliphatic heterocycles. The first-order valence-electron chi connectivity index (χ1n) is 8.33. The third-order valence-corrected chi connectivity index (χ3v) is 5.40. The maximum absolute atomic E-state index is 13.9. The number of pyridine rings is 1. The van der Waals surface area contributed by atoms with Crippen molar-refractivity contribution in [1.82, 2.24) is 4.98 Å². The monoisotopic (exact) mass is 377 g/mol. The minimum absolute atomic E-state index is 0.175. The van der Waals surface area contributed by atoms with Gasteiger partial charge in [-0.2, -0.15) is 0 Å². The number of nitrogens with zero attached hydrogens (tertiary/aromatic N) is 1. The van der Waals surface area contributed by atoms with Crippen molar-refractivity contribution in [2.24, 2.45) is 0 Å². The highest BCUT2D eigenvalue weighted by Gasteiger charge is 2.13. The molecule has 0 unspecified atom stereocenters. The Bertz CT molecular complexity index is 1170. The molecule has 0 atom stereocenters. The largest absolute Gasteiger partial charge is 0.383 e. The molecule has 3 N–H and O–H groups in total. The number of nitrogens with two attached hydrogens (primary N) is 1. The first-order valence-corrected chi connectivity index (χ1v) is 9.15. The molecule has 2 aromatic carbocycles. The molecule has 1 amide bonds. The average molecular weight is 377 g/mol. The van der Waals surface area contributed by atoms with Gasteiger partial charge < -0.3 is 11.1 Å². The molecule has 0 spiro atoms. The molecule has 0 radical (unpaired) electrons. The van der Waals surface area contributed by atoms with E-state index in [2.05, 4.69) is 10.3 Å². The summed E-state index contributed by atoms with van der Waals surface area (Å²) in [6.07, 6.45) is 1.65. The number of nitrogens with one attached hydrogen (secondary N) is 1. The van der Waals surface area contributed by atoms with Crippen LogP contribution < -0.4 is 11.1 Å². The van der Waals surface area contributed by atoms with Crippen molar-refractivity contribution in [2.45, 2.75) is 6.92 Å². The van der Waals surface area contributed by atoms with Gasteiger partial charge in [0.2, 0.25) is 0 Å². The van der Waals surface area contributed by atoms with Gasteiger partial charge in [-0.3, -0.25) is 4.79 Å². The van der Waals surface area contributed by atoms with Crippen LogP contribution in [0.5, 0.6) is 0 Å². The fourth-order valence-corrected chi connectivity index (χ4v) is 3.95. The van der Waals surface area contributed by atoms with Gasteiger partial charge in [0.15, 0.2) is 0 Å². The third kappa shape index (κ3) is 3.39. The van der Waals surface area contributed by atoms with Crippen LogP contribution in [0.15, 0.2) is 60.8 Å². The summed E-state index contributed by atoms with van der Waals surface area (Å²) in [5.74, 6) is -0.341. The van der Waals surface area contributed by atoms with Crippen LogP contribution in [0.2, 0.25) is 0 Å². The van der Waals surface area contributed by atoms with E-state index in [4.69, 9.17) is 5.73 Å². The molecule has 134 valence electrons. The maximum atomic E-state index is 13.9. The van der Waals surface area contributed by atoms with Crippen molar-refractivity contribution in [3.05, 3.63) is 77.7 Å². The molecule has 6 heteroatoms. The van der Waals surface area contributed by atoms with E-state index in [-0.39, 0.29) is 11.6 Å². The van der Waals surface area contributed by atoms with Gasteiger partial charge in [-0.15, -0.1) is 11.3 Å². The standard InChI is InChI=1S/C21H16FN3OS/c1-12-4-6-16(22)17(9-12)25-21(26)13-5-7-18-14(10-13)11-19(27-18)15-3-2-8-24-20(15)23/h2-11H,1H3,(H2,23,24)(H,25,26). The quantitative estimate of drug-likeness (QED) is 0.513. The number of amides is 1. The highest BCUT2D eigenvalue weighted by atomic mass is 32.1. The van der Waals surface area contributed by atoms with Gasteiger partial charge in [0.1, 0.15) is 11.6 Å². The fraction of sp³-hybridized carbons (Fsp3) is 0.0476. The number of rotatable bonds is 3. The number of aromatic nitrogens is 1. The lowest BCUT2D eigenvalue weighted by atomic mass is 10.1. The number of hydrogen-bond acceptors (Lipinski definition) is 4. The summed E-state index contributed by atoms with van der Waals surface area (Å²) in [5, 5.41) is 3.57. The molecule has 27 heavy (non-hydrogen) atoms. The van der Waals surface area contributed by atoms with Crippen LogP contribution in [0.1, 0.15) is 15.9 Å². The van der Waals surface area contributed by atoms with Crippen LogP contribution >= 0.6 is 11.3 Å². The Labute approximate surface area is 159 Å². The SMILES string of the molecule is Cc1ccc(F)c(NC(=O)c2ccc3sc(-c4cccnc4N)cc3c2)c1. The molecule has 4 aromatic rings. The summed E-state index contributed by atoms with van der Waals surface area (Å²) < 4.78 is 14.9. The number of carbonyl (C=O) groups excluding carboxylic acids is 1. The Balaban J connectivity index is 1.66. The number of carbonyl (C=O) groups is 1. The van der Waals surface area contributed by atoms with Crippen LogP contribution in [0, 0.1) is 12.7 Å². The van der Waals surface area contributed by atoms with Crippen LogP contribution in [0.25, 0.3) is 20.5 Å². The van der Waals surface area contributed by atoms with Gasteiger partial charge in [-0.1, -0.05) is 6.07 Å². The second-order valence-electron chi connectivity index (χ2n) is 6.24. The Hall–Kier alpha value is -3.25. The zero-order chi connectivity index (χ0) is 19.0. The normalized spacial score (nSPS) is 10.9. The number of fused-ring (bicyclic) bond motifs is 1. The van der Waals surface area contributed by atoms with Gasteiger partial charge in [0.05, 0.1) is 5.69 Å². The molecular weight excluding hydrogens is 361 g/mol. The Morgan fingerprint density at radius 3 is 2.81 bits per heavy atom. The van der Waals surface area contributed by atoms with Crippen LogP contribution in [0.3, 0.4) is 0 Å². The Kier molecular flexibility index (Phi) is 4.33. The van der Waals surface area contributed by atoms with E-state index in [0.29, 0.717) is 11.4 Å². The summed E-state index contributed by atoms with van der Waals surface area (Å²) in [4.78, 5) is 17.7. The molecule has 0 saturated heterocycles. The van der Waals surface area contributed by atoms with E-state index >= 15 is 0 Å². The first-order chi connectivity index (χ1) is 13.0. The molecule has 0 fully saturated rings. The van der Waals surface area contributed by atoms with Gasteiger partial charge in [0.25, 0.3) is 5.91 Å². The Morgan fingerprint density at radius 2 is 2.00 bits per heavy atom. The summed E-state index contributed by atoms with van der Waals surface area (Å²) in [6.45, 7) is 1.85. The van der Waals surface area contributed by atoms with E-state index in [1.165, 1.54) is 6.07 Å². The lowest BCUT2D eigenvalue weighted by Crippen LogP contribution is -2.13. The number of nitrogen functional groups attached to an aromatic ring is 1. The molecule has 0 aliphatic carbocycles. The minimum atomic E-state index is -0.458. The van der Waals surface area contributed by atoms with Gasteiger partial charge in [0, 0.05) is 26.9 Å². The summed E-state index contributed by atoms with van der Waals surface area (Å²) >= 11 is 1.58. The molecule has 0 saturated carbocycles. The predicted octanol–water partition coefficient (Wildman–Crippen LogP) is 5.25. The topological polar surface area (TPSA) is 68.0 Å². The molecule has 2 aromatic heterocycles. The number of halogens is 1. The van der Waals surface area contributed by atoms with E-state index in [9.17, 15) is 9.18 Å². The van der Waals surface area contributed by atoms with E-state index < -0.39 is 5.82 Å². The van der Waals surface area contributed by atoms with Crippen molar-refractivity contribution < 1.29 is 9.18 Å².